The topological polar surface area (TPSA) is 46.5 Å². The molecule has 1 unspecified atom stereocenters. The number of unbranched alkanes of at least 4 members (excludes halogenated alkanes) is 7. The van der Waals surface area contributed by atoms with Gasteiger partial charge in [-0.3, -0.25) is 0 Å². The molecule has 0 aromatic rings. The standard InChI is InChI=1S/C17H34O3/c1-5-7-8-9-10-11-12-13-14-15(16(18)20-19)17(3,4)6-2/h15,19H,5-14H2,1-4H3. The molecule has 3 nitrogen and oxygen atoms in total. The maximum atomic E-state index is 11.7. The van der Waals surface area contributed by atoms with E-state index in [2.05, 4.69) is 32.6 Å². The number of hydrogen-bond acceptors (Lipinski definition) is 3. The molecule has 0 rings (SSSR count). The van der Waals surface area contributed by atoms with Gasteiger partial charge in [-0.2, -0.15) is 5.26 Å². The van der Waals surface area contributed by atoms with Crippen molar-refractivity contribution in [3.63, 3.8) is 0 Å². The van der Waals surface area contributed by atoms with Crippen LogP contribution in [0.2, 0.25) is 0 Å². The summed E-state index contributed by atoms with van der Waals surface area (Å²) in [5.41, 5.74) is -0.110. The second-order valence-electron chi connectivity index (χ2n) is 6.57. The van der Waals surface area contributed by atoms with Crippen molar-refractivity contribution in [1.29, 1.82) is 0 Å². The SMILES string of the molecule is CCCCCCCCCCC(C(=O)OO)C(C)(C)CC. The molecule has 120 valence electrons. The van der Waals surface area contributed by atoms with Crippen molar-refractivity contribution in [2.75, 3.05) is 0 Å². The zero-order chi connectivity index (χ0) is 15.4. The van der Waals surface area contributed by atoms with Gasteiger partial charge in [-0.25, -0.2) is 4.79 Å². The Balaban J connectivity index is 3.90. The summed E-state index contributed by atoms with van der Waals surface area (Å²) >= 11 is 0. The summed E-state index contributed by atoms with van der Waals surface area (Å²) in [6.07, 6.45) is 11.8. The van der Waals surface area contributed by atoms with Crippen LogP contribution < -0.4 is 0 Å². The molecule has 20 heavy (non-hydrogen) atoms. The van der Waals surface area contributed by atoms with Crippen molar-refractivity contribution < 1.29 is 14.9 Å². The molecule has 0 heterocycles. The Labute approximate surface area is 125 Å². The summed E-state index contributed by atoms with van der Waals surface area (Å²) < 4.78 is 0. The lowest BCUT2D eigenvalue weighted by molar-refractivity contribution is -0.242. The zero-order valence-electron chi connectivity index (χ0n) is 13.9. The van der Waals surface area contributed by atoms with Crippen molar-refractivity contribution in [1.82, 2.24) is 0 Å². The fourth-order valence-corrected chi connectivity index (χ4v) is 2.62. The van der Waals surface area contributed by atoms with Crippen molar-refractivity contribution in [3.05, 3.63) is 0 Å². The molecular weight excluding hydrogens is 252 g/mol. The first-order valence-electron chi connectivity index (χ1n) is 8.34. The largest absolute Gasteiger partial charge is 0.345 e. The minimum atomic E-state index is -0.472. The van der Waals surface area contributed by atoms with Gasteiger partial charge in [-0.05, 0) is 11.8 Å². The fraction of sp³-hybridized carbons (Fsp3) is 0.941. The maximum Gasteiger partial charge on any atom is 0.345 e. The molecular formula is C17H34O3. The molecule has 0 aliphatic carbocycles. The average molecular weight is 286 g/mol. The molecule has 0 bridgehead atoms. The number of carbonyl (C=O) groups is 1. The van der Waals surface area contributed by atoms with Crippen molar-refractivity contribution in [3.8, 4) is 0 Å². The summed E-state index contributed by atoms with van der Waals surface area (Å²) in [7, 11) is 0. The van der Waals surface area contributed by atoms with Crippen LogP contribution in [0.15, 0.2) is 0 Å². The molecule has 0 aromatic heterocycles. The van der Waals surface area contributed by atoms with E-state index in [4.69, 9.17) is 5.26 Å². The van der Waals surface area contributed by atoms with Gasteiger partial charge in [0.05, 0.1) is 5.92 Å². The molecule has 0 fully saturated rings. The van der Waals surface area contributed by atoms with Crippen LogP contribution in [-0.2, 0) is 9.68 Å². The van der Waals surface area contributed by atoms with Gasteiger partial charge >= 0.3 is 5.97 Å². The third kappa shape index (κ3) is 7.88. The summed E-state index contributed by atoms with van der Waals surface area (Å²) in [4.78, 5) is 15.7. The highest BCUT2D eigenvalue weighted by molar-refractivity contribution is 5.72. The van der Waals surface area contributed by atoms with E-state index in [1.54, 1.807) is 0 Å². The van der Waals surface area contributed by atoms with Gasteiger partial charge in [0.2, 0.25) is 0 Å². The lowest BCUT2D eigenvalue weighted by Crippen LogP contribution is -2.31. The van der Waals surface area contributed by atoms with E-state index in [0.29, 0.717) is 0 Å². The first kappa shape index (κ1) is 19.4. The van der Waals surface area contributed by atoms with Gasteiger partial charge in [0.1, 0.15) is 0 Å². The third-order valence-corrected chi connectivity index (χ3v) is 4.58. The smallest absolute Gasteiger partial charge is 0.301 e. The molecule has 0 aromatic carbocycles. The van der Waals surface area contributed by atoms with Crippen LogP contribution in [-0.4, -0.2) is 11.2 Å². The van der Waals surface area contributed by atoms with Gasteiger partial charge in [-0.1, -0.05) is 85.5 Å². The Morgan fingerprint density at radius 3 is 1.95 bits per heavy atom. The second kappa shape index (κ2) is 11.1. The Morgan fingerprint density at radius 1 is 1.00 bits per heavy atom. The van der Waals surface area contributed by atoms with E-state index in [1.165, 1.54) is 44.9 Å². The second-order valence-corrected chi connectivity index (χ2v) is 6.57. The Morgan fingerprint density at radius 2 is 1.50 bits per heavy atom. The van der Waals surface area contributed by atoms with Gasteiger partial charge in [0, 0.05) is 0 Å². The van der Waals surface area contributed by atoms with Crippen LogP contribution >= 0.6 is 0 Å². The van der Waals surface area contributed by atoms with E-state index >= 15 is 0 Å². The van der Waals surface area contributed by atoms with Gasteiger partial charge in [0.15, 0.2) is 0 Å². The van der Waals surface area contributed by atoms with Crippen molar-refractivity contribution in [2.45, 2.75) is 91.9 Å². The van der Waals surface area contributed by atoms with Crippen LogP contribution in [0.25, 0.3) is 0 Å². The van der Waals surface area contributed by atoms with Gasteiger partial charge in [-0.15, -0.1) is 0 Å². The van der Waals surface area contributed by atoms with Gasteiger partial charge in [0.25, 0.3) is 0 Å². The van der Waals surface area contributed by atoms with Crippen molar-refractivity contribution >= 4 is 5.97 Å². The van der Waals surface area contributed by atoms with Crippen LogP contribution in [0.3, 0.4) is 0 Å². The van der Waals surface area contributed by atoms with E-state index < -0.39 is 5.97 Å². The summed E-state index contributed by atoms with van der Waals surface area (Å²) in [6.45, 7) is 8.44. The molecule has 0 aliphatic rings. The van der Waals surface area contributed by atoms with E-state index in [1.807, 2.05) is 0 Å². The normalized spacial score (nSPS) is 13.2. The molecule has 0 saturated carbocycles. The van der Waals surface area contributed by atoms with Crippen LogP contribution in [0.4, 0.5) is 0 Å². The molecule has 3 heteroatoms. The molecule has 0 aliphatic heterocycles. The maximum absolute atomic E-state index is 11.7. The van der Waals surface area contributed by atoms with Gasteiger partial charge < -0.3 is 4.89 Å². The quantitative estimate of drug-likeness (QED) is 0.289. The molecule has 0 amide bonds. The van der Waals surface area contributed by atoms with E-state index in [9.17, 15) is 4.79 Å². The lowest BCUT2D eigenvalue weighted by Gasteiger charge is -2.30. The minimum Gasteiger partial charge on any atom is -0.301 e. The van der Waals surface area contributed by atoms with Crippen LogP contribution in [0.1, 0.15) is 91.9 Å². The highest BCUT2D eigenvalue weighted by Gasteiger charge is 2.34. The first-order chi connectivity index (χ1) is 9.49. The Bertz CT molecular complexity index is 249. The van der Waals surface area contributed by atoms with E-state index in [-0.39, 0.29) is 11.3 Å². The predicted octanol–water partition coefficient (Wildman–Crippen LogP) is 5.59. The highest BCUT2D eigenvalue weighted by Crippen LogP contribution is 2.35. The monoisotopic (exact) mass is 286 g/mol. The molecule has 0 saturated heterocycles. The average Bonchev–Trinajstić information content (AvgIpc) is 2.44. The number of hydrogen-bond donors (Lipinski definition) is 1. The number of rotatable bonds is 12. The van der Waals surface area contributed by atoms with Crippen molar-refractivity contribution in [2.24, 2.45) is 11.3 Å². The molecule has 1 N–H and O–H groups in total. The van der Waals surface area contributed by atoms with Crippen LogP contribution in [0.5, 0.6) is 0 Å². The third-order valence-electron chi connectivity index (χ3n) is 4.58. The predicted molar refractivity (Wildman–Crippen MR) is 83.5 cm³/mol. The molecule has 0 spiro atoms. The first-order valence-corrected chi connectivity index (χ1v) is 8.34. The van der Waals surface area contributed by atoms with Crippen LogP contribution in [0, 0.1) is 11.3 Å². The molecule has 1 atom stereocenters. The van der Waals surface area contributed by atoms with E-state index in [0.717, 1.165) is 19.3 Å². The molecule has 0 radical (unpaired) electrons. The fourth-order valence-electron chi connectivity index (χ4n) is 2.62. The Hall–Kier alpha value is -0.570. The Kier molecular flexibility index (Phi) is 10.8. The number of carbonyl (C=O) groups excluding carboxylic acids is 1. The minimum absolute atomic E-state index is 0.110. The highest BCUT2D eigenvalue weighted by atomic mass is 17.1. The summed E-state index contributed by atoms with van der Waals surface area (Å²) in [5, 5.41) is 8.64. The summed E-state index contributed by atoms with van der Waals surface area (Å²) in [5.74, 6) is -0.669. The summed E-state index contributed by atoms with van der Waals surface area (Å²) in [6, 6.07) is 0. The zero-order valence-corrected chi connectivity index (χ0v) is 13.9. The lowest BCUT2D eigenvalue weighted by atomic mass is 9.74.